The molecule has 0 aliphatic carbocycles. The molecule has 4 nitrogen and oxygen atoms in total. The van der Waals surface area contributed by atoms with Crippen LogP contribution in [0.2, 0.25) is 0 Å². The van der Waals surface area contributed by atoms with Crippen molar-refractivity contribution < 1.29 is 9.53 Å². The van der Waals surface area contributed by atoms with Crippen molar-refractivity contribution in [2.75, 3.05) is 30.4 Å². The summed E-state index contributed by atoms with van der Waals surface area (Å²) < 4.78 is 5.39. The SMILES string of the molecule is COC1CCN(c2ccc(NC(=O)c3ccccc3)cc2)C1. The molecule has 4 heteroatoms. The zero-order valence-corrected chi connectivity index (χ0v) is 12.7. The molecule has 1 N–H and O–H groups in total. The minimum Gasteiger partial charge on any atom is -0.380 e. The van der Waals surface area contributed by atoms with Crippen molar-refractivity contribution in [2.45, 2.75) is 12.5 Å². The Morgan fingerprint density at radius 3 is 2.50 bits per heavy atom. The number of rotatable bonds is 4. The van der Waals surface area contributed by atoms with Crippen molar-refractivity contribution >= 4 is 17.3 Å². The van der Waals surface area contributed by atoms with Gasteiger partial charge in [-0.3, -0.25) is 4.79 Å². The van der Waals surface area contributed by atoms with Gasteiger partial charge in [0.15, 0.2) is 0 Å². The molecule has 1 aliphatic heterocycles. The second-order valence-electron chi connectivity index (χ2n) is 5.46. The molecule has 1 amide bonds. The minimum absolute atomic E-state index is 0.0889. The highest BCUT2D eigenvalue weighted by atomic mass is 16.5. The van der Waals surface area contributed by atoms with Crippen molar-refractivity contribution in [3.8, 4) is 0 Å². The highest BCUT2D eigenvalue weighted by Crippen LogP contribution is 2.23. The summed E-state index contributed by atoms with van der Waals surface area (Å²) in [6.45, 7) is 1.93. The maximum Gasteiger partial charge on any atom is 0.255 e. The summed E-state index contributed by atoms with van der Waals surface area (Å²) in [5.41, 5.74) is 2.63. The van der Waals surface area contributed by atoms with Gasteiger partial charge in [-0.15, -0.1) is 0 Å². The quantitative estimate of drug-likeness (QED) is 0.942. The average molecular weight is 296 g/mol. The summed E-state index contributed by atoms with van der Waals surface area (Å²) in [6.07, 6.45) is 1.38. The molecular formula is C18H20N2O2. The number of carbonyl (C=O) groups is 1. The van der Waals surface area contributed by atoms with Crippen LogP contribution in [-0.4, -0.2) is 32.2 Å². The van der Waals surface area contributed by atoms with Crippen LogP contribution in [0.25, 0.3) is 0 Å². The van der Waals surface area contributed by atoms with Gasteiger partial charge in [-0.2, -0.15) is 0 Å². The largest absolute Gasteiger partial charge is 0.380 e. The van der Waals surface area contributed by atoms with Crippen molar-refractivity contribution in [3.63, 3.8) is 0 Å². The molecule has 1 aliphatic rings. The molecule has 1 fully saturated rings. The maximum atomic E-state index is 12.1. The fourth-order valence-corrected chi connectivity index (χ4v) is 2.70. The molecule has 2 aromatic rings. The predicted octanol–water partition coefficient (Wildman–Crippen LogP) is 3.16. The topological polar surface area (TPSA) is 41.6 Å². The van der Waals surface area contributed by atoms with Gasteiger partial charge < -0.3 is 15.0 Å². The van der Waals surface area contributed by atoms with E-state index in [0.29, 0.717) is 11.7 Å². The molecular weight excluding hydrogens is 276 g/mol. The fourth-order valence-electron chi connectivity index (χ4n) is 2.70. The van der Waals surface area contributed by atoms with E-state index in [1.54, 1.807) is 19.2 Å². The van der Waals surface area contributed by atoms with Crippen molar-refractivity contribution in [1.82, 2.24) is 0 Å². The van der Waals surface area contributed by atoms with Crippen molar-refractivity contribution in [3.05, 3.63) is 60.2 Å². The lowest BCUT2D eigenvalue weighted by atomic mass is 10.2. The van der Waals surface area contributed by atoms with E-state index in [2.05, 4.69) is 10.2 Å². The summed E-state index contributed by atoms with van der Waals surface area (Å²) in [5.74, 6) is -0.0889. The Morgan fingerprint density at radius 1 is 1.14 bits per heavy atom. The Kier molecular flexibility index (Phi) is 4.39. The van der Waals surface area contributed by atoms with Crippen molar-refractivity contribution in [1.29, 1.82) is 0 Å². The van der Waals surface area contributed by atoms with E-state index >= 15 is 0 Å². The lowest BCUT2D eigenvalue weighted by Gasteiger charge is -2.18. The Balaban J connectivity index is 1.64. The van der Waals surface area contributed by atoms with Gasteiger partial charge in [0.2, 0.25) is 0 Å². The summed E-state index contributed by atoms with van der Waals surface area (Å²) in [5, 5.41) is 2.91. The number of carbonyl (C=O) groups excluding carboxylic acids is 1. The van der Waals surface area contributed by atoms with Gasteiger partial charge >= 0.3 is 0 Å². The number of hydrogen-bond donors (Lipinski definition) is 1. The van der Waals surface area contributed by atoms with E-state index in [9.17, 15) is 4.79 Å². The number of nitrogens with zero attached hydrogens (tertiary/aromatic N) is 1. The van der Waals surface area contributed by atoms with Gasteiger partial charge in [0.05, 0.1) is 6.10 Å². The molecule has 1 unspecified atom stereocenters. The number of anilines is 2. The van der Waals surface area contributed by atoms with E-state index in [1.165, 1.54) is 0 Å². The van der Waals surface area contributed by atoms with E-state index in [0.717, 1.165) is 30.9 Å². The van der Waals surface area contributed by atoms with Crippen LogP contribution < -0.4 is 10.2 Å². The van der Waals surface area contributed by atoms with E-state index in [1.807, 2.05) is 42.5 Å². The van der Waals surface area contributed by atoms with E-state index in [-0.39, 0.29) is 5.91 Å². The molecule has 0 spiro atoms. The third kappa shape index (κ3) is 3.28. The number of methoxy groups -OCH3 is 1. The molecule has 3 rings (SSSR count). The number of benzene rings is 2. The second-order valence-corrected chi connectivity index (χ2v) is 5.46. The van der Waals surface area contributed by atoms with Gasteiger partial charge in [-0.25, -0.2) is 0 Å². The van der Waals surface area contributed by atoms with Gasteiger partial charge in [0, 0.05) is 37.1 Å². The lowest BCUT2D eigenvalue weighted by molar-refractivity contribution is 0.102. The normalized spacial score (nSPS) is 17.5. The average Bonchev–Trinajstić information content (AvgIpc) is 3.05. The molecule has 2 aromatic carbocycles. The molecule has 1 atom stereocenters. The maximum absolute atomic E-state index is 12.1. The zero-order valence-electron chi connectivity index (χ0n) is 12.7. The Bertz CT molecular complexity index is 625. The summed E-state index contributed by atoms with van der Waals surface area (Å²) >= 11 is 0. The Morgan fingerprint density at radius 2 is 1.86 bits per heavy atom. The van der Waals surface area contributed by atoms with Gasteiger partial charge in [-0.05, 0) is 42.8 Å². The standard InChI is InChI=1S/C18H20N2O2/c1-22-17-11-12-20(13-17)16-9-7-15(8-10-16)19-18(21)14-5-3-2-4-6-14/h2-10,17H,11-13H2,1H3,(H,19,21). The van der Waals surface area contributed by atoms with Gasteiger partial charge in [0.1, 0.15) is 0 Å². The highest BCUT2D eigenvalue weighted by molar-refractivity contribution is 6.04. The van der Waals surface area contributed by atoms with Gasteiger partial charge in [0.25, 0.3) is 5.91 Å². The molecule has 0 radical (unpaired) electrons. The third-order valence-electron chi connectivity index (χ3n) is 4.00. The third-order valence-corrected chi connectivity index (χ3v) is 4.00. The van der Waals surface area contributed by atoms with Crippen LogP contribution in [0.4, 0.5) is 11.4 Å². The number of hydrogen-bond acceptors (Lipinski definition) is 3. The summed E-state index contributed by atoms with van der Waals surface area (Å²) in [6, 6.07) is 17.2. The van der Waals surface area contributed by atoms with Crippen molar-refractivity contribution in [2.24, 2.45) is 0 Å². The predicted molar refractivity (Wildman–Crippen MR) is 88.5 cm³/mol. The van der Waals surface area contributed by atoms with E-state index in [4.69, 9.17) is 4.74 Å². The van der Waals surface area contributed by atoms with Crippen LogP contribution in [0.5, 0.6) is 0 Å². The van der Waals surface area contributed by atoms with Crippen LogP contribution in [-0.2, 0) is 4.74 Å². The summed E-state index contributed by atoms with van der Waals surface area (Å²) in [7, 11) is 1.76. The lowest BCUT2D eigenvalue weighted by Crippen LogP contribution is -2.22. The molecule has 0 bridgehead atoms. The number of ether oxygens (including phenoxy) is 1. The first-order valence-corrected chi connectivity index (χ1v) is 7.50. The summed E-state index contributed by atoms with van der Waals surface area (Å²) in [4.78, 5) is 14.4. The van der Waals surface area contributed by atoms with E-state index < -0.39 is 0 Å². The first kappa shape index (κ1) is 14.6. The first-order valence-electron chi connectivity index (χ1n) is 7.50. The minimum atomic E-state index is -0.0889. The molecule has 0 aromatic heterocycles. The van der Waals surface area contributed by atoms with Crippen LogP contribution in [0.15, 0.2) is 54.6 Å². The van der Waals surface area contributed by atoms with Crippen LogP contribution >= 0.6 is 0 Å². The monoisotopic (exact) mass is 296 g/mol. The smallest absolute Gasteiger partial charge is 0.255 e. The number of amides is 1. The van der Waals surface area contributed by atoms with Gasteiger partial charge in [-0.1, -0.05) is 18.2 Å². The van der Waals surface area contributed by atoms with Crippen LogP contribution in [0.3, 0.4) is 0 Å². The molecule has 1 heterocycles. The molecule has 1 saturated heterocycles. The second kappa shape index (κ2) is 6.62. The number of nitrogens with one attached hydrogen (secondary N) is 1. The molecule has 114 valence electrons. The highest BCUT2D eigenvalue weighted by Gasteiger charge is 2.22. The molecule has 0 saturated carbocycles. The Hall–Kier alpha value is -2.33. The molecule has 22 heavy (non-hydrogen) atoms. The zero-order chi connectivity index (χ0) is 15.4. The van der Waals surface area contributed by atoms with Crippen LogP contribution in [0.1, 0.15) is 16.8 Å². The van der Waals surface area contributed by atoms with Crippen LogP contribution in [0, 0.1) is 0 Å². The Labute approximate surface area is 130 Å². The first-order chi connectivity index (χ1) is 10.8. The fraction of sp³-hybridized carbons (Fsp3) is 0.278.